The Hall–Kier alpha value is -3.32. The Morgan fingerprint density at radius 3 is 2.43 bits per heavy atom. The minimum atomic E-state index is -0.209. The number of fused-ring (bicyclic) bond motifs is 1. The van der Waals surface area contributed by atoms with Crippen LogP contribution in [-0.2, 0) is 18.6 Å². The summed E-state index contributed by atoms with van der Waals surface area (Å²) in [4.78, 5) is 18.7. The number of hydrogen-bond donors (Lipinski definition) is 1. The van der Waals surface area contributed by atoms with Crippen LogP contribution in [0.25, 0.3) is 10.9 Å². The summed E-state index contributed by atoms with van der Waals surface area (Å²) in [6, 6.07) is 16.5. The van der Waals surface area contributed by atoms with Crippen LogP contribution < -0.4 is 5.56 Å². The van der Waals surface area contributed by atoms with E-state index in [-0.39, 0.29) is 17.1 Å². The van der Waals surface area contributed by atoms with Crippen molar-refractivity contribution < 1.29 is 0 Å². The Bertz CT molecular complexity index is 1360. The highest BCUT2D eigenvalue weighted by Gasteiger charge is 2.31. The summed E-state index contributed by atoms with van der Waals surface area (Å²) >= 11 is 0. The van der Waals surface area contributed by atoms with Gasteiger partial charge in [-0.2, -0.15) is 0 Å². The second kappa shape index (κ2) is 10.1. The summed E-state index contributed by atoms with van der Waals surface area (Å²) in [6.45, 7) is 13.9. The Balaban J connectivity index is 1.80. The first-order chi connectivity index (χ1) is 16.7. The summed E-state index contributed by atoms with van der Waals surface area (Å²) in [6.07, 6.45) is 1.72. The second-order valence-corrected chi connectivity index (χ2v) is 10.0. The van der Waals surface area contributed by atoms with Crippen molar-refractivity contribution in [2.24, 2.45) is 0 Å². The molecule has 0 saturated carbocycles. The van der Waals surface area contributed by atoms with Gasteiger partial charge in [-0.25, -0.2) is 4.68 Å². The molecule has 2 heterocycles. The van der Waals surface area contributed by atoms with Crippen molar-refractivity contribution in [3.63, 3.8) is 0 Å². The normalized spacial score (nSPS) is 13.0. The number of pyridine rings is 1. The van der Waals surface area contributed by atoms with E-state index in [4.69, 9.17) is 0 Å². The highest BCUT2D eigenvalue weighted by Crippen LogP contribution is 2.30. The van der Waals surface area contributed by atoms with Crippen LogP contribution in [0.2, 0.25) is 0 Å². The standard InChI is InChI=1S/C28H36N6O/c1-7-24(26-30-31-32-34(26)28(5,6)8-2)33(17-21-12-10-9-11-13-21)18-22-16-23-19(3)14-15-20(4)25(23)29-27(22)35/h9-16,24H,7-8,17-18H2,1-6H3,(H,29,35). The van der Waals surface area contributed by atoms with Gasteiger partial charge in [-0.1, -0.05) is 56.3 Å². The third kappa shape index (κ3) is 5.05. The van der Waals surface area contributed by atoms with Gasteiger partial charge >= 0.3 is 0 Å². The van der Waals surface area contributed by atoms with Crippen LogP contribution in [0.3, 0.4) is 0 Å². The van der Waals surface area contributed by atoms with Crippen LogP contribution in [0.1, 0.15) is 74.7 Å². The number of nitrogens with zero attached hydrogens (tertiary/aromatic N) is 5. The third-order valence-corrected chi connectivity index (χ3v) is 7.18. The molecule has 0 aliphatic rings. The molecule has 0 radical (unpaired) electrons. The van der Waals surface area contributed by atoms with Crippen LogP contribution in [0.15, 0.2) is 53.3 Å². The fourth-order valence-electron chi connectivity index (χ4n) is 4.64. The molecule has 0 aliphatic heterocycles. The number of rotatable bonds is 9. The van der Waals surface area contributed by atoms with Gasteiger partial charge in [0.05, 0.1) is 17.1 Å². The molecule has 0 spiro atoms. The SMILES string of the molecule is CCC(c1nnnn1C(C)(C)CC)N(Cc1ccccc1)Cc1cc2c(C)ccc(C)c2[nH]c1=O. The summed E-state index contributed by atoms with van der Waals surface area (Å²) in [5.74, 6) is 0.833. The van der Waals surface area contributed by atoms with Crippen molar-refractivity contribution in [2.75, 3.05) is 0 Å². The molecular formula is C28H36N6O. The topological polar surface area (TPSA) is 79.7 Å². The number of nitrogens with one attached hydrogen (secondary N) is 1. The van der Waals surface area contributed by atoms with Gasteiger partial charge in [-0.15, -0.1) is 5.10 Å². The van der Waals surface area contributed by atoms with Gasteiger partial charge in [0, 0.05) is 24.0 Å². The van der Waals surface area contributed by atoms with Crippen LogP contribution in [0, 0.1) is 13.8 Å². The van der Waals surface area contributed by atoms with Gasteiger partial charge in [0.25, 0.3) is 5.56 Å². The van der Waals surface area contributed by atoms with E-state index in [1.165, 1.54) is 5.56 Å². The fraction of sp³-hybridized carbons (Fsp3) is 0.429. The van der Waals surface area contributed by atoms with Crippen LogP contribution in [0.4, 0.5) is 0 Å². The number of benzene rings is 2. The van der Waals surface area contributed by atoms with Crippen LogP contribution in [-0.4, -0.2) is 30.1 Å². The van der Waals surface area contributed by atoms with E-state index in [1.807, 2.05) is 29.8 Å². The lowest BCUT2D eigenvalue weighted by Gasteiger charge is -2.33. The zero-order valence-corrected chi connectivity index (χ0v) is 21.7. The zero-order valence-electron chi connectivity index (χ0n) is 21.7. The molecule has 2 aromatic heterocycles. The molecule has 4 rings (SSSR count). The Labute approximate surface area is 207 Å². The quantitative estimate of drug-likeness (QED) is 0.351. The molecule has 1 unspecified atom stereocenters. The van der Waals surface area contributed by atoms with Crippen molar-refractivity contribution in [3.8, 4) is 0 Å². The zero-order chi connectivity index (χ0) is 25.2. The van der Waals surface area contributed by atoms with Gasteiger partial charge in [0.2, 0.25) is 0 Å². The van der Waals surface area contributed by atoms with Crippen molar-refractivity contribution in [3.05, 3.63) is 87.0 Å². The van der Waals surface area contributed by atoms with Gasteiger partial charge in [-0.3, -0.25) is 9.69 Å². The summed E-state index contributed by atoms with van der Waals surface area (Å²) in [5, 5.41) is 14.0. The van der Waals surface area contributed by atoms with E-state index < -0.39 is 0 Å². The summed E-state index contributed by atoms with van der Waals surface area (Å²) in [7, 11) is 0. The predicted molar refractivity (Wildman–Crippen MR) is 140 cm³/mol. The molecule has 1 N–H and O–H groups in total. The largest absolute Gasteiger partial charge is 0.321 e. The molecule has 7 nitrogen and oxygen atoms in total. The Morgan fingerprint density at radius 1 is 1.03 bits per heavy atom. The maximum absolute atomic E-state index is 13.2. The van der Waals surface area contributed by atoms with Gasteiger partial charge in [0.1, 0.15) is 0 Å². The van der Waals surface area contributed by atoms with E-state index in [0.717, 1.165) is 46.3 Å². The van der Waals surface area contributed by atoms with Crippen molar-refractivity contribution in [2.45, 2.75) is 79.1 Å². The van der Waals surface area contributed by atoms with E-state index in [0.29, 0.717) is 13.1 Å². The van der Waals surface area contributed by atoms with E-state index in [2.05, 4.69) is 90.4 Å². The highest BCUT2D eigenvalue weighted by molar-refractivity contribution is 5.85. The lowest BCUT2D eigenvalue weighted by atomic mass is 10.0. The predicted octanol–water partition coefficient (Wildman–Crippen LogP) is 5.43. The number of aromatic amines is 1. The van der Waals surface area contributed by atoms with Crippen molar-refractivity contribution in [1.29, 1.82) is 0 Å². The maximum Gasteiger partial charge on any atom is 0.252 e. The van der Waals surface area contributed by atoms with Crippen LogP contribution >= 0.6 is 0 Å². The smallest absolute Gasteiger partial charge is 0.252 e. The molecule has 35 heavy (non-hydrogen) atoms. The van der Waals surface area contributed by atoms with E-state index in [9.17, 15) is 4.79 Å². The maximum atomic E-state index is 13.2. The number of tetrazole rings is 1. The first-order valence-corrected chi connectivity index (χ1v) is 12.4. The Kier molecular flexibility index (Phi) is 7.17. The minimum Gasteiger partial charge on any atom is -0.321 e. The molecule has 0 aliphatic carbocycles. The molecule has 7 heteroatoms. The average Bonchev–Trinajstić information content (AvgIpc) is 3.34. The molecule has 0 saturated heterocycles. The van der Waals surface area contributed by atoms with Crippen molar-refractivity contribution in [1.82, 2.24) is 30.1 Å². The molecular weight excluding hydrogens is 436 g/mol. The molecule has 0 bridgehead atoms. The monoisotopic (exact) mass is 472 g/mol. The first-order valence-electron chi connectivity index (χ1n) is 12.4. The highest BCUT2D eigenvalue weighted by atomic mass is 16.1. The molecule has 0 fully saturated rings. The molecule has 4 aromatic rings. The molecule has 184 valence electrons. The first kappa shape index (κ1) is 24.8. The number of aromatic nitrogens is 5. The van der Waals surface area contributed by atoms with E-state index >= 15 is 0 Å². The molecule has 2 aromatic carbocycles. The van der Waals surface area contributed by atoms with E-state index in [1.54, 1.807) is 0 Å². The fourth-order valence-corrected chi connectivity index (χ4v) is 4.64. The number of aryl methyl sites for hydroxylation is 2. The van der Waals surface area contributed by atoms with Gasteiger partial charge < -0.3 is 4.98 Å². The third-order valence-electron chi connectivity index (χ3n) is 7.18. The lowest BCUT2D eigenvalue weighted by molar-refractivity contribution is 0.150. The van der Waals surface area contributed by atoms with Gasteiger partial charge in [-0.05, 0) is 73.7 Å². The minimum absolute atomic E-state index is 0.0485. The van der Waals surface area contributed by atoms with Gasteiger partial charge in [0.15, 0.2) is 5.82 Å². The Morgan fingerprint density at radius 2 is 1.74 bits per heavy atom. The summed E-state index contributed by atoms with van der Waals surface area (Å²) in [5.41, 5.74) is 4.81. The molecule has 0 amide bonds. The second-order valence-electron chi connectivity index (χ2n) is 10.0. The number of H-pyrrole nitrogens is 1. The van der Waals surface area contributed by atoms with Crippen molar-refractivity contribution >= 4 is 10.9 Å². The lowest BCUT2D eigenvalue weighted by Crippen LogP contribution is -2.36. The average molecular weight is 473 g/mol. The van der Waals surface area contributed by atoms with Crippen LogP contribution in [0.5, 0.6) is 0 Å². The summed E-state index contributed by atoms with van der Waals surface area (Å²) < 4.78 is 1.96. The number of hydrogen-bond acceptors (Lipinski definition) is 5. The molecule has 1 atom stereocenters.